The highest BCUT2D eigenvalue weighted by molar-refractivity contribution is 7.99. The van der Waals surface area contributed by atoms with E-state index in [1.807, 2.05) is 25.1 Å². The Morgan fingerprint density at radius 2 is 2.33 bits per heavy atom. The molecule has 3 heteroatoms. The number of hydrogen-bond acceptors (Lipinski definition) is 3. The van der Waals surface area contributed by atoms with Crippen LogP contribution in [0.4, 0.5) is 0 Å². The Morgan fingerprint density at radius 1 is 1.53 bits per heavy atom. The first kappa shape index (κ1) is 10.7. The first-order chi connectivity index (χ1) is 7.32. The third kappa shape index (κ3) is 1.82. The molecule has 15 heavy (non-hydrogen) atoms. The molecule has 0 aromatic heterocycles. The first-order valence-electron chi connectivity index (χ1n) is 5.15. The molecular weight excluding hydrogens is 208 g/mol. The Bertz CT molecular complexity index is 364. The zero-order valence-electron chi connectivity index (χ0n) is 8.73. The minimum atomic E-state index is -0.698. The largest absolute Gasteiger partial charge is 0.363 e. The van der Waals surface area contributed by atoms with E-state index >= 15 is 0 Å². The minimum Gasteiger partial charge on any atom is -0.363 e. The van der Waals surface area contributed by atoms with Crippen LogP contribution in [0.1, 0.15) is 18.9 Å². The highest BCUT2D eigenvalue weighted by Crippen LogP contribution is 2.41. The number of carbonyl (C=O) groups is 1. The summed E-state index contributed by atoms with van der Waals surface area (Å²) in [5, 5.41) is 0. The SMILES string of the molecule is CCOC1(C=O)CCSc2ccccc21. The lowest BCUT2D eigenvalue weighted by atomic mass is 9.92. The molecule has 1 aliphatic rings. The number of hydrogen-bond donors (Lipinski definition) is 0. The fourth-order valence-electron chi connectivity index (χ4n) is 1.95. The van der Waals surface area contributed by atoms with Crippen LogP contribution in [0.3, 0.4) is 0 Å². The van der Waals surface area contributed by atoms with Gasteiger partial charge in [-0.2, -0.15) is 0 Å². The van der Waals surface area contributed by atoms with Crippen molar-refractivity contribution in [3.05, 3.63) is 29.8 Å². The summed E-state index contributed by atoms with van der Waals surface area (Å²) >= 11 is 1.79. The maximum atomic E-state index is 11.3. The average molecular weight is 222 g/mol. The van der Waals surface area contributed by atoms with Crippen molar-refractivity contribution in [3.63, 3.8) is 0 Å². The van der Waals surface area contributed by atoms with Crippen LogP contribution in [0, 0.1) is 0 Å². The van der Waals surface area contributed by atoms with Gasteiger partial charge in [0, 0.05) is 22.8 Å². The summed E-state index contributed by atoms with van der Waals surface area (Å²) in [5.41, 5.74) is 0.328. The number of thioether (sulfide) groups is 1. The molecule has 1 aliphatic heterocycles. The van der Waals surface area contributed by atoms with Gasteiger partial charge in [0.05, 0.1) is 0 Å². The van der Waals surface area contributed by atoms with Crippen molar-refractivity contribution in [2.45, 2.75) is 23.8 Å². The molecule has 0 aliphatic carbocycles. The summed E-state index contributed by atoms with van der Waals surface area (Å²) in [5.74, 6) is 0.940. The van der Waals surface area contributed by atoms with Crippen LogP contribution < -0.4 is 0 Å². The molecule has 1 aromatic rings. The van der Waals surface area contributed by atoms with Crippen molar-refractivity contribution in [2.24, 2.45) is 0 Å². The van der Waals surface area contributed by atoms with Crippen LogP contribution in [0.5, 0.6) is 0 Å². The Kier molecular flexibility index (Phi) is 3.12. The van der Waals surface area contributed by atoms with Gasteiger partial charge >= 0.3 is 0 Å². The Morgan fingerprint density at radius 3 is 3.07 bits per heavy atom. The van der Waals surface area contributed by atoms with E-state index in [0.717, 1.165) is 24.0 Å². The molecule has 0 radical (unpaired) electrons. The molecule has 1 atom stereocenters. The normalized spacial score (nSPS) is 24.6. The molecule has 2 nitrogen and oxygen atoms in total. The molecule has 1 aromatic carbocycles. The zero-order chi connectivity index (χ0) is 10.7. The molecule has 80 valence electrons. The van der Waals surface area contributed by atoms with Gasteiger partial charge in [0.1, 0.15) is 5.60 Å². The predicted octanol–water partition coefficient (Wildman–Crippen LogP) is 2.61. The Balaban J connectivity index is 2.46. The quantitative estimate of drug-likeness (QED) is 0.735. The lowest BCUT2D eigenvalue weighted by Gasteiger charge is -2.33. The predicted molar refractivity (Wildman–Crippen MR) is 61.2 cm³/mol. The molecular formula is C12H14O2S. The van der Waals surface area contributed by atoms with Crippen molar-refractivity contribution in [2.75, 3.05) is 12.4 Å². The van der Waals surface area contributed by atoms with Crippen LogP contribution in [-0.4, -0.2) is 18.6 Å². The van der Waals surface area contributed by atoms with E-state index in [1.165, 1.54) is 4.90 Å². The van der Waals surface area contributed by atoms with E-state index in [-0.39, 0.29) is 0 Å². The van der Waals surface area contributed by atoms with Crippen molar-refractivity contribution < 1.29 is 9.53 Å². The molecule has 1 heterocycles. The van der Waals surface area contributed by atoms with Gasteiger partial charge in [0.2, 0.25) is 0 Å². The highest BCUT2D eigenvalue weighted by atomic mass is 32.2. The van der Waals surface area contributed by atoms with E-state index in [4.69, 9.17) is 4.74 Å². The smallest absolute Gasteiger partial charge is 0.156 e. The summed E-state index contributed by atoms with van der Waals surface area (Å²) in [7, 11) is 0. The highest BCUT2D eigenvalue weighted by Gasteiger charge is 2.37. The summed E-state index contributed by atoms with van der Waals surface area (Å²) in [6.45, 7) is 2.49. The fourth-order valence-corrected chi connectivity index (χ4v) is 3.15. The van der Waals surface area contributed by atoms with Gasteiger partial charge in [-0.3, -0.25) is 4.79 Å². The van der Waals surface area contributed by atoms with E-state index in [0.29, 0.717) is 6.61 Å². The van der Waals surface area contributed by atoms with Gasteiger partial charge in [0.15, 0.2) is 6.29 Å². The number of rotatable bonds is 3. The second-order valence-electron chi connectivity index (χ2n) is 3.53. The van der Waals surface area contributed by atoms with Gasteiger partial charge in [-0.1, -0.05) is 18.2 Å². The molecule has 0 saturated carbocycles. The molecule has 0 saturated heterocycles. The summed E-state index contributed by atoms with van der Waals surface area (Å²) in [6, 6.07) is 8.00. The summed E-state index contributed by atoms with van der Waals surface area (Å²) < 4.78 is 5.66. The third-order valence-electron chi connectivity index (χ3n) is 2.67. The minimum absolute atomic E-state index is 0.567. The summed E-state index contributed by atoms with van der Waals surface area (Å²) in [6.07, 6.45) is 1.72. The van der Waals surface area contributed by atoms with Crippen molar-refractivity contribution >= 4 is 18.0 Å². The van der Waals surface area contributed by atoms with Crippen LogP contribution in [-0.2, 0) is 15.1 Å². The zero-order valence-corrected chi connectivity index (χ0v) is 9.55. The van der Waals surface area contributed by atoms with Gasteiger partial charge in [0.25, 0.3) is 0 Å². The molecule has 0 bridgehead atoms. The van der Waals surface area contributed by atoms with Crippen molar-refractivity contribution in [1.29, 1.82) is 0 Å². The molecule has 0 spiro atoms. The average Bonchev–Trinajstić information content (AvgIpc) is 2.30. The molecule has 0 N–H and O–H groups in total. The number of aldehydes is 1. The van der Waals surface area contributed by atoms with Crippen LogP contribution in [0.25, 0.3) is 0 Å². The Hall–Kier alpha value is -0.800. The number of fused-ring (bicyclic) bond motifs is 1. The van der Waals surface area contributed by atoms with E-state index in [1.54, 1.807) is 11.8 Å². The van der Waals surface area contributed by atoms with Gasteiger partial charge in [-0.25, -0.2) is 0 Å². The van der Waals surface area contributed by atoms with Crippen molar-refractivity contribution in [3.8, 4) is 0 Å². The standard InChI is InChI=1S/C12H14O2S/c1-2-14-12(9-13)7-8-15-11-6-4-3-5-10(11)12/h3-6,9H,2,7-8H2,1H3. The van der Waals surface area contributed by atoms with Gasteiger partial charge < -0.3 is 4.74 Å². The lowest BCUT2D eigenvalue weighted by Crippen LogP contribution is -2.35. The third-order valence-corrected chi connectivity index (χ3v) is 3.74. The Labute approximate surface area is 94.0 Å². The maximum Gasteiger partial charge on any atom is 0.156 e. The summed E-state index contributed by atoms with van der Waals surface area (Å²) in [4.78, 5) is 12.5. The topological polar surface area (TPSA) is 26.3 Å². The fraction of sp³-hybridized carbons (Fsp3) is 0.417. The van der Waals surface area contributed by atoms with E-state index in [9.17, 15) is 4.79 Å². The molecule has 2 rings (SSSR count). The van der Waals surface area contributed by atoms with E-state index in [2.05, 4.69) is 6.07 Å². The lowest BCUT2D eigenvalue weighted by molar-refractivity contribution is -0.133. The number of ether oxygens (including phenoxy) is 1. The monoisotopic (exact) mass is 222 g/mol. The van der Waals surface area contributed by atoms with Crippen LogP contribution in [0.15, 0.2) is 29.2 Å². The number of carbonyl (C=O) groups excluding carboxylic acids is 1. The molecule has 0 fully saturated rings. The van der Waals surface area contributed by atoms with Gasteiger partial charge in [-0.15, -0.1) is 11.8 Å². The second-order valence-corrected chi connectivity index (χ2v) is 4.67. The van der Waals surface area contributed by atoms with Crippen LogP contribution in [0.2, 0.25) is 0 Å². The second kappa shape index (κ2) is 4.37. The van der Waals surface area contributed by atoms with E-state index < -0.39 is 5.60 Å². The van der Waals surface area contributed by atoms with Gasteiger partial charge in [-0.05, 0) is 19.4 Å². The molecule has 0 amide bonds. The maximum absolute atomic E-state index is 11.3. The first-order valence-corrected chi connectivity index (χ1v) is 6.13. The number of benzene rings is 1. The van der Waals surface area contributed by atoms with Crippen molar-refractivity contribution in [1.82, 2.24) is 0 Å². The molecule has 1 unspecified atom stereocenters. The van der Waals surface area contributed by atoms with Crippen LogP contribution >= 0.6 is 11.8 Å².